The molecule has 1 aromatic heterocycles. The van der Waals surface area contributed by atoms with Crippen LogP contribution in [0.1, 0.15) is 52.0 Å². The summed E-state index contributed by atoms with van der Waals surface area (Å²) in [5.74, 6) is -0.146. The Morgan fingerprint density at radius 3 is 2.11 bits per heavy atom. The van der Waals surface area contributed by atoms with Gasteiger partial charge in [0, 0.05) is 12.2 Å². The minimum atomic E-state index is -0.146. The lowest BCUT2D eigenvalue weighted by Gasteiger charge is -2.41. The highest BCUT2D eigenvalue weighted by Crippen LogP contribution is 2.33. The molecule has 0 aliphatic heterocycles. The molecule has 1 aromatic rings. The van der Waals surface area contributed by atoms with E-state index in [1.165, 1.54) is 6.33 Å². The molecule has 0 fully saturated rings. The third-order valence-corrected chi connectivity index (χ3v) is 2.82. The molecule has 1 heterocycles. The summed E-state index contributed by atoms with van der Waals surface area (Å²) in [6.07, 6.45) is 2.96. The van der Waals surface area contributed by atoms with Gasteiger partial charge in [-0.15, -0.1) is 0 Å². The van der Waals surface area contributed by atoms with Crippen molar-refractivity contribution in [3.8, 4) is 0 Å². The van der Waals surface area contributed by atoms with E-state index in [0.29, 0.717) is 5.69 Å². The van der Waals surface area contributed by atoms with E-state index in [1.54, 1.807) is 12.3 Å². The maximum Gasteiger partial charge on any atom is 0.270 e. The van der Waals surface area contributed by atoms with E-state index >= 15 is 0 Å². The number of hydrogen-bond donors (Lipinski definition) is 1. The first-order valence-electron chi connectivity index (χ1n) is 6.19. The molecule has 4 heteroatoms. The van der Waals surface area contributed by atoms with Crippen molar-refractivity contribution >= 4 is 5.91 Å². The molecule has 1 N–H and O–H groups in total. The maximum absolute atomic E-state index is 12.1. The van der Waals surface area contributed by atoms with E-state index < -0.39 is 0 Å². The van der Waals surface area contributed by atoms with Gasteiger partial charge in [-0.05, 0) is 16.9 Å². The minimum Gasteiger partial charge on any atom is -0.347 e. The molecular formula is C14H23N3O. The molecule has 0 spiro atoms. The molecule has 1 amide bonds. The maximum atomic E-state index is 12.1. The van der Waals surface area contributed by atoms with Crippen molar-refractivity contribution in [3.05, 3.63) is 24.3 Å². The Labute approximate surface area is 109 Å². The number of carbonyl (C=O) groups is 1. The van der Waals surface area contributed by atoms with Crippen LogP contribution in [-0.2, 0) is 0 Å². The van der Waals surface area contributed by atoms with E-state index in [-0.39, 0.29) is 22.8 Å². The molecule has 0 bridgehead atoms. The van der Waals surface area contributed by atoms with Crippen LogP contribution in [0.2, 0.25) is 0 Å². The zero-order chi connectivity index (χ0) is 14.0. The van der Waals surface area contributed by atoms with Crippen LogP contribution in [0.15, 0.2) is 18.6 Å². The smallest absolute Gasteiger partial charge is 0.270 e. The zero-order valence-electron chi connectivity index (χ0n) is 12.1. The van der Waals surface area contributed by atoms with E-state index in [9.17, 15) is 4.79 Å². The summed E-state index contributed by atoms with van der Waals surface area (Å²) in [6.45, 7) is 12.8. The van der Waals surface area contributed by atoms with Crippen LogP contribution in [-0.4, -0.2) is 21.9 Å². The minimum absolute atomic E-state index is 0.0130. The van der Waals surface area contributed by atoms with Crippen molar-refractivity contribution in [2.24, 2.45) is 10.8 Å². The highest BCUT2D eigenvalue weighted by Gasteiger charge is 2.36. The zero-order valence-corrected chi connectivity index (χ0v) is 12.1. The fourth-order valence-electron chi connectivity index (χ4n) is 2.36. The Morgan fingerprint density at radius 2 is 1.72 bits per heavy atom. The topological polar surface area (TPSA) is 54.9 Å². The molecule has 0 unspecified atom stereocenters. The van der Waals surface area contributed by atoms with Crippen molar-refractivity contribution in [2.75, 3.05) is 0 Å². The van der Waals surface area contributed by atoms with Gasteiger partial charge in [-0.25, -0.2) is 9.97 Å². The number of hydrogen-bond acceptors (Lipinski definition) is 3. The summed E-state index contributed by atoms with van der Waals surface area (Å²) in [6, 6.07) is 1.69. The molecular weight excluding hydrogens is 226 g/mol. The second-order valence-electron chi connectivity index (χ2n) is 6.73. The van der Waals surface area contributed by atoms with Gasteiger partial charge in [0.15, 0.2) is 0 Å². The number of amides is 1. The van der Waals surface area contributed by atoms with Crippen LogP contribution in [0.5, 0.6) is 0 Å². The molecule has 4 nitrogen and oxygen atoms in total. The summed E-state index contributed by atoms with van der Waals surface area (Å²) >= 11 is 0. The van der Waals surface area contributed by atoms with E-state index in [4.69, 9.17) is 0 Å². The van der Waals surface area contributed by atoms with Gasteiger partial charge >= 0.3 is 0 Å². The fraction of sp³-hybridized carbons (Fsp3) is 0.643. The van der Waals surface area contributed by atoms with Crippen LogP contribution in [0.4, 0.5) is 0 Å². The molecule has 0 saturated carbocycles. The number of nitrogens with zero attached hydrogens (tertiary/aromatic N) is 2. The molecule has 100 valence electrons. The van der Waals surface area contributed by atoms with Crippen molar-refractivity contribution in [2.45, 2.75) is 47.6 Å². The lowest BCUT2D eigenvalue weighted by Crippen LogP contribution is -2.51. The molecule has 0 aliphatic rings. The van der Waals surface area contributed by atoms with E-state index in [1.807, 2.05) is 0 Å². The van der Waals surface area contributed by atoms with Gasteiger partial charge in [0.05, 0.1) is 0 Å². The van der Waals surface area contributed by atoms with E-state index in [2.05, 4.69) is 56.8 Å². The highest BCUT2D eigenvalue weighted by atomic mass is 16.2. The molecule has 18 heavy (non-hydrogen) atoms. The summed E-state index contributed by atoms with van der Waals surface area (Å²) in [5, 5.41) is 3.08. The second kappa shape index (κ2) is 5.04. The van der Waals surface area contributed by atoms with Crippen LogP contribution >= 0.6 is 0 Å². The SMILES string of the molecule is CC(C)(C)C(NC(=O)c1ccncn1)C(C)(C)C. The average molecular weight is 249 g/mol. The Bertz CT molecular complexity index is 387. The fourth-order valence-corrected chi connectivity index (χ4v) is 2.36. The summed E-state index contributed by atoms with van der Waals surface area (Å²) in [5.41, 5.74) is 0.380. The van der Waals surface area contributed by atoms with Gasteiger partial charge < -0.3 is 5.32 Å². The summed E-state index contributed by atoms with van der Waals surface area (Å²) < 4.78 is 0. The first kappa shape index (κ1) is 14.6. The predicted molar refractivity (Wildman–Crippen MR) is 72.2 cm³/mol. The van der Waals surface area contributed by atoms with Gasteiger partial charge in [-0.3, -0.25) is 4.79 Å². The van der Waals surface area contributed by atoms with Gasteiger partial charge in [-0.1, -0.05) is 41.5 Å². The van der Waals surface area contributed by atoms with Crippen LogP contribution < -0.4 is 5.32 Å². The van der Waals surface area contributed by atoms with Gasteiger partial charge in [0.25, 0.3) is 5.91 Å². The number of rotatable bonds is 2. The normalized spacial score (nSPS) is 12.6. The molecule has 0 saturated heterocycles. The highest BCUT2D eigenvalue weighted by molar-refractivity contribution is 5.92. The van der Waals surface area contributed by atoms with Crippen molar-refractivity contribution < 1.29 is 4.79 Å². The largest absolute Gasteiger partial charge is 0.347 e. The Kier molecular flexibility index (Phi) is 4.09. The summed E-state index contributed by atoms with van der Waals surface area (Å²) in [4.78, 5) is 19.9. The van der Waals surface area contributed by atoms with Crippen molar-refractivity contribution in [3.63, 3.8) is 0 Å². The molecule has 1 rings (SSSR count). The number of nitrogens with one attached hydrogen (secondary N) is 1. The lowest BCUT2D eigenvalue weighted by molar-refractivity contribution is 0.0791. The monoisotopic (exact) mass is 249 g/mol. The van der Waals surface area contributed by atoms with E-state index in [0.717, 1.165) is 0 Å². The van der Waals surface area contributed by atoms with Gasteiger partial charge in [-0.2, -0.15) is 0 Å². The Hall–Kier alpha value is -1.45. The second-order valence-corrected chi connectivity index (χ2v) is 6.73. The lowest BCUT2D eigenvalue weighted by atomic mass is 9.72. The molecule has 0 aliphatic carbocycles. The first-order chi connectivity index (χ1) is 8.12. The Balaban J connectivity index is 2.90. The third-order valence-electron chi connectivity index (χ3n) is 2.82. The molecule has 0 aromatic carbocycles. The van der Waals surface area contributed by atoms with Gasteiger partial charge in [0.1, 0.15) is 12.0 Å². The first-order valence-corrected chi connectivity index (χ1v) is 6.19. The number of carbonyl (C=O) groups excluding carboxylic acids is 1. The van der Waals surface area contributed by atoms with Crippen molar-refractivity contribution in [1.82, 2.24) is 15.3 Å². The summed E-state index contributed by atoms with van der Waals surface area (Å²) in [7, 11) is 0. The average Bonchev–Trinajstić information content (AvgIpc) is 2.23. The Morgan fingerprint density at radius 1 is 1.17 bits per heavy atom. The van der Waals surface area contributed by atoms with Crippen molar-refractivity contribution in [1.29, 1.82) is 0 Å². The number of aromatic nitrogens is 2. The van der Waals surface area contributed by atoms with Gasteiger partial charge in [0.2, 0.25) is 0 Å². The molecule has 0 radical (unpaired) electrons. The van der Waals surface area contributed by atoms with Crippen LogP contribution in [0.3, 0.4) is 0 Å². The standard InChI is InChI=1S/C14H23N3O/c1-13(2,3)12(14(4,5)6)17-11(18)10-7-8-15-9-16-10/h7-9,12H,1-6H3,(H,17,18). The van der Waals surface area contributed by atoms with Crippen LogP contribution in [0, 0.1) is 10.8 Å². The predicted octanol–water partition coefficient (Wildman–Crippen LogP) is 2.67. The quantitative estimate of drug-likeness (QED) is 0.876. The molecule has 0 atom stereocenters. The third kappa shape index (κ3) is 3.79. The van der Waals surface area contributed by atoms with Crippen LogP contribution in [0.25, 0.3) is 0 Å².